The second kappa shape index (κ2) is 10.1. The molecular formula is C24H30Cl2N6O2. The maximum atomic E-state index is 13.2. The van der Waals surface area contributed by atoms with Crippen molar-refractivity contribution in [1.82, 2.24) is 29.5 Å². The van der Waals surface area contributed by atoms with Gasteiger partial charge in [0.1, 0.15) is 17.1 Å². The van der Waals surface area contributed by atoms with E-state index in [1.807, 2.05) is 34.0 Å². The summed E-state index contributed by atoms with van der Waals surface area (Å²) in [5.41, 5.74) is 3.52. The van der Waals surface area contributed by atoms with Crippen molar-refractivity contribution in [3.05, 3.63) is 65.5 Å². The number of piperidine rings is 1. The number of hydrogen-bond acceptors (Lipinski definition) is 5. The monoisotopic (exact) mass is 504 g/mol. The lowest BCUT2D eigenvalue weighted by Crippen LogP contribution is -2.48. The van der Waals surface area contributed by atoms with E-state index in [1.165, 1.54) is 5.56 Å². The molecule has 0 aliphatic carbocycles. The van der Waals surface area contributed by atoms with Crippen LogP contribution in [0, 0.1) is 0 Å². The standard InChI is InChI=1S/C24H28N6O2.2ClH/c31-23(20-17-29-14-11-25-10-6-21(29)26-20)28-12-8-24(9-13-28)22-18(7-15-32-24)16-30(27-22)19-4-2-1-3-5-19;;/h1-5,16-17,25H,6-15H2;2*1H. The Hall–Kier alpha value is -2.39. The van der Waals surface area contributed by atoms with E-state index < -0.39 is 5.60 Å². The average Bonchev–Trinajstić information content (AvgIpc) is 3.39. The van der Waals surface area contributed by atoms with Crippen LogP contribution in [-0.2, 0) is 29.7 Å². The number of carbonyl (C=O) groups is 1. The lowest BCUT2D eigenvalue weighted by molar-refractivity contribution is -0.0963. The molecule has 3 aliphatic heterocycles. The summed E-state index contributed by atoms with van der Waals surface area (Å²) in [6.07, 6.45) is 7.31. The number of hydrogen-bond donors (Lipinski definition) is 1. The first kappa shape index (κ1) is 24.7. The largest absolute Gasteiger partial charge is 0.368 e. The highest BCUT2D eigenvalue weighted by Gasteiger charge is 2.44. The van der Waals surface area contributed by atoms with Gasteiger partial charge < -0.3 is 19.5 Å². The van der Waals surface area contributed by atoms with Gasteiger partial charge in [-0.25, -0.2) is 9.67 Å². The number of benzene rings is 1. The number of rotatable bonds is 2. The van der Waals surface area contributed by atoms with Crippen molar-refractivity contribution < 1.29 is 9.53 Å². The summed E-state index contributed by atoms with van der Waals surface area (Å²) in [5.74, 6) is 1.03. The molecule has 0 radical (unpaired) electrons. The van der Waals surface area contributed by atoms with E-state index in [2.05, 4.69) is 33.2 Å². The first-order valence-corrected chi connectivity index (χ1v) is 11.6. The smallest absolute Gasteiger partial charge is 0.274 e. The van der Waals surface area contributed by atoms with Crippen molar-refractivity contribution in [3.63, 3.8) is 0 Å². The summed E-state index contributed by atoms with van der Waals surface area (Å²) >= 11 is 0. The molecule has 1 amide bonds. The maximum absolute atomic E-state index is 13.2. The molecule has 1 spiro atoms. The molecule has 10 heteroatoms. The van der Waals surface area contributed by atoms with Crippen LogP contribution in [-0.4, -0.2) is 62.9 Å². The molecule has 0 atom stereocenters. The Morgan fingerprint density at radius 2 is 1.79 bits per heavy atom. The van der Waals surface area contributed by atoms with E-state index in [4.69, 9.17) is 9.84 Å². The van der Waals surface area contributed by atoms with Gasteiger partial charge >= 0.3 is 0 Å². The molecule has 1 aromatic carbocycles. The SMILES string of the molecule is Cl.Cl.O=C(c1cn2c(n1)CCNCC2)N1CCC2(CC1)OCCc1cn(-c3ccccc3)nc12. The van der Waals surface area contributed by atoms with E-state index in [0.717, 1.165) is 62.5 Å². The normalized spacial score (nSPS) is 18.8. The number of likely N-dealkylation sites (tertiary alicyclic amines) is 1. The van der Waals surface area contributed by atoms with Gasteiger partial charge in [0.25, 0.3) is 5.91 Å². The molecule has 0 bridgehead atoms. The minimum atomic E-state index is -0.401. The highest BCUT2D eigenvalue weighted by molar-refractivity contribution is 5.92. The summed E-state index contributed by atoms with van der Waals surface area (Å²) in [7, 11) is 0. The summed E-state index contributed by atoms with van der Waals surface area (Å²) in [5, 5.41) is 8.31. The zero-order valence-corrected chi connectivity index (χ0v) is 20.6. The van der Waals surface area contributed by atoms with Crippen LogP contribution in [0.1, 0.15) is 40.4 Å². The van der Waals surface area contributed by atoms with Crippen LogP contribution in [0.25, 0.3) is 5.69 Å². The van der Waals surface area contributed by atoms with E-state index in [0.29, 0.717) is 25.4 Å². The highest BCUT2D eigenvalue weighted by Crippen LogP contribution is 2.41. The molecule has 182 valence electrons. The van der Waals surface area contributed by atoms with Crippen LogP contribution < -0.4 is 5.32 Å². The molecule has 3 aromatic rings. The molecule has 34 heavy (non-hydrogen) atoms. The second-order valence-electron chi connectivity index (χ2n) is 8.90. The minimum Gasteiger partial charge on any atom is -0.368 e. The molecule has 1 fully saturated rings. The Morgan fingerprint density at radius 3 is 2.59 bits per heavy atom. The number of ether oxygens (including phenoxy) is 1. The number of halogens is 2. The van der Waals surface area contributed by atoms with Gasteiger partial charge in [0, 0.05) is 51.5 Å². The van der Waals surface area contributed by atoms with Crippen LogP contribution >= 0.6 is 24.8 Å². The van der Waals surface area contributed by atoms with Gasteiger partial charge in [0.2, 0.25) is 0 Å². The van der Waals surface area contributed by atoms with Crippen molar-refractivity contribution in [3.8, 4) is 5.69 Å². The maximum Gasteiger partial charge on any atom is 0.274 e. The fourth-order valence-corrected chi connectivity index (χ4v) is 5.20. The zero-order chi connectivity index (χ0) is 21.5. The summed E-state index contributed by atoms with van der Waals surface area (Å²) in [6, 6.07) is 10.2. The zero-order valence-electron chi connectivity index (χ0n) is 19.0. The van der Waals surface area contributed by atoms with E-state index in [-0.39, 0.29) is 30.7 Å². The number of aromatic nitrogens is 4. The topological polar surface area (TPSA) is 77.2 Å². The second-order valence-corrected chi connectivity index (χ2v) is 8.90. The highest BCUT2D eigenvalue weighted by atomic mass is 35.5. The fraction of sp³-hybridized carbons (Fsp3) is 0.458. The predicted molar refractivity (Wildman–Crippen MR) is 133 cm³/mol. The van der Waals surface area contributed by atoms with Crippen molar-refractivity contribution >= 4 is 30.7 Å². The Morgan fingerprint density at radius 1 is 1.00 bits per heavy atom. The lowest BCUT2D eigenvalue weighted by atomic mass is 9.83. The number of imidazole rings is 1. The van der Waals surface area contributed by atoms with Crippen LogP contribution in [0.2, 0.25) is 0 Å². The third kappa shape index (κ3) is 4.35. The number of fused-ring (bicyclic) bond motifs is 3. The molecule has 0 unspecified atom stereocenters. The fourth-order valence-electron chi connectivity index (χ4n) is 5.20. The van der Waals surface area contributed by atoms with Gasteiger partial charge in [-0.15, -0.1) is 24.8 Å². The minimum absolute atomic E-state index is 0. The molecule has 3 aliphatic rings. The van der Waals surface area contributed by atoms with Gasteiger partial charge in [0.05, 0.1) is 18.0 Å². The lowest BCUT2D eigenvalue weighted by Gasteiger charge is -2.42. The summed E-state index contributed by atoms with van der Waals surface area (Å²) in [4.78, 5) is 19.8. The van der Waals surface area contributed by atoms with E-state index in [1.54, 1.807) is 0 Å². The average molecular weight is 505 g/mol. The van der Waals surface area contributed by atoms with Crippen LogP contribution in [0.5, 0.6) is 0 Å². The van der Waals surface area contributed by atoms with Crippen LogP contribution in [0.4, 0.5) is 0 Å². The Bertz CT molecular complexity index is 1110. The number of carbonyl (C=O) groups excluding carboxylic acids is 1. The van der Waals surface area contributed by atoms with E-state index in [9.17, 15) is 4.79 Å². The van der Waals surface area contributed by atoms with Crippen molar-refractivity contribution in [2.24, 2.45) is 0 Å². The first-order chi connectivity index (χ1) is 15.7. The van der Waals surface area contributed by atoms with Gasteiger partial charge in [0.15, 0.2) is 0 Å². The van der Waals surface area contributed by atoms with Gasteiger partial charge in [-0.1, -0.05) is 18.2 Å². The Kier molecular flexibility index (Phi) is 7.33. The number of para-hydroxylation sites is 1. The van der Waals surface area contributed by atoms with Gasteiger partial charge in [-0.3, -0.25) is 4.79 Å². The van der Waals surface area contributed by atoms with Crippen LogP contribution in [0.15, 0.2) is 42.7 Å². The molecule has 1 N–H and O–H groups in total. The molecule has 6 rings (SSSR count). The summed E-state index contributed by atoms with van der Waals surface area (Å²) in [6.45, 7) is 4.69. The molecule has 0 saturated carbocycles. The summed E-state index contributed by atoms with van der Waals surface area (Å²) < 4.78 is 10.4. The Labute approximate surface area is 211 Å². The third-order valence-electron chi connectivity index (χ3n) is 6.98. The third-order valence-corrected chi connectivity index (χ3v) is 6.98. The van der Waals surface area contributed by atoms with E-state index >= 15 is 0 Å². The number of amides is 1. The number of nitrogens with one attached hydrogen (secondary N) is 1. The molecular weight excluding hydrogens is 475 g/mol. The number of nitrogens with zero attached hydrogens (tertiary/aromatic N) is 5. The quantitative estimate of drug-likeness (QED) is 0.580. The first-order valence-electron chi connectivity index (χ1n) is 11.6. The van der Waals surface area contributed by atoms with Gasteiger partial charge in [-0.05, 0) is 37.0 Å². The Balaban J connectivity index is 0.00000137. The van der Waals surface area contributed by atoms with Crippen molar-refractivity contribution in [2.75, 3.05) is 32.8 Å². The molecule has 8 nitrogen and oxygen atoms in total. The van der Waals surface area contributed by atoms with Gasteiger partial charge in [-0.2, -0.15) is 5.10 Å². The van der Waals surface area contributed by atoms with Crippen molar-refractivity contribution in [1.29, 1.82) is 0 Å². The molecule has 1 saturated heterocycles. The molecule has 2 aromatic heterocycles. The molecule has 5 heterocycles. The predicted octanol–water partition coefficient (Wildman–Crippen LogP) is 2.76. The van der Waals surface area contributed by atoms with Crippen molar-refractivity contribution in [2.45, 2.75) is 37.8 Å². The van der Waals surface area contributed by atoms with Crippen LogP contribution in [0.3, 0.4) is 0 Å².